The van der Waals surface area contributed by atoms with Crippen LogP contribution in [0.15, 0.2) is 11.3 Å². The van der Waals surface area contributed by atoms with E-state index in [1.807, 2.05) is 0 Å². The monoisotopic (exact) mass is 182 g/mol. The van der Waals surface area contributed by atoms with Crippen LogP contribution >= 0.6 is 0 Å². The highest BCUT2D eigenvalue weighted by molar-refractivity contribution is 5.18. The molecule has 8 heteroatoms. The number of aromatic nitrogens is 2. The maximum absolute atomic E-state index is 10.4. The van der Waals surface area contributed by atoms with Crippen molar-refractivity contribution in [2.75, 3.05) is 0 Å². The minimum Gasteiger partial charge on any atom is -0.358 e. The lowest BCUT2D eigenvalue weighted by Crippen LogP contribution is -2.00. The summed E-state index contributed by atoms with van der Waals surface area (Å²) >= 11 is 0. The van der Waals surface area contributed by atoms with Crippen LogP contribution in [-0.2, 0) is 13.6 Å². The molecule has 0 atom stereocenters. The summed E-state index contributed by atoms with van der Waals surface area (Å²) in [6, 6.07) is 0. The zero-order valence-corrected chi connectivity index (χ0v) is 6.78. The topological polar surface area (TPSA) is 110 Å². The molecule has 1 rings (SSSR count). The van der Waals surface area contributed by atoms with Crippen molar-refractivity contribution in [3.05, 3.63) is 32.6 Å². The second-order valence-corrected chi connectivity index (χ2v) is 2.24. The summed E-state index contributed by atoms with van der Waals surface area (Å²) in [6.45, 7) is 0.0147. The summed E-state index contributed by atoms with van der Waals surface area (Å²) < 4.78 is 1.27. The smallest absolute Gasteiger partial charge is 0.342 e. The second kappa shape index (κ2) is 3.55. The molecule has 0 N–H and O–H groups in total. The first-order valence-electron chi connectivity index (χ1n) is 3.32. The second-order valence-electron chi connectivity index (χ2n) is 2.24. The molecule has 1 aromatic heterocycles. The zero-order valence-electron chi connectivity index (χ0n) is 6.78. The Bertz CT molecular complexity index is 376. The van der Waals surface area contributed by atoms with Gasteiger partial charge in [0.2, 0.25) is 5.82 Å². The third kappa shape index (κ3) is 1.74. The molecule has 13 heavy (non-hydrogen) atoms. The summed E-state index contributed by atoms with van der Waals surface area (Å²) in [5, 5.41) is 13.6. The van der Waals surface area contributed by atoms with E-state index in [-0.39, 0.29) is 12.4 Å². The highest BCUT2D eigenvalue weighted by Crippen LogP contribution is 2.11. The van der Waals surface area contributed by atoms with E-state index in [1.54, 1.807) is 0 Å². The van der Waals surface area contributed by atoms with Crippen LogP contribution in [0, 0.1) is 10.1 Å². The van der Waals surface area contributed by atoms with Crippen molar-refractivity contribution < 1.29 is 4.92 Å². The molecule has 0 aromatic carbocycles. The average molecular weight is 182 g/mol. The highest BCUT2D eigenvalue weighted by atomic mass is 16.6. The first-order valence-corrected chi connectivity index (χ1v) is 3.32. The van der Waals surface area contributed by atoms with Crippen LogP contribution in [0.2, 0.25) is 0 Å². The van der Waals surface area contributed by atoms with Gasteiger partial charge in [-0.25, -0.2) is 9.55 Å². The molecule has 0 saturated heterocycles. The molecule has 0 spiro atoms. The number of nitro groups is 1. The van der Waals surface area contributed by atoms with Crippen LogP contribution in [0.3, 0.4) is 0 Å². The lowest BCUT2D eigenvalue weighted by molar-refractivity contribution is -0.391. The van der Waals surface area contributed by atoms with Crippen molar-refractivity contribution in [1.82, 2.24) is 9.55 Å². The zero-order chi connectivity index (χ0) is 9.84. The molecule has 0 saturated carbocycles. The number of imidazole rings is 1. The fourth-order valence-corrected chi connectivity index (χ4v) is 0.849. The van der Waals surface area contributed by atoms with Gasteiger partial charge in [0.15, 0.2) is 0 Å². The Morgan fingerprint density at radius 1 is 1.92 bits per heavy atom. The number of nitrogens with zero attached hydrogens (tertiary/aromatic N) is 6. The van der Waals surface area contributed by atoms with Crippen molar-refractivity contribution in [1.29, 1.82) is 0 Å². The third-order valence-electron chi connectivity index (χ3n) is 1.52. The van der Waals surface area contributed by atoms with Crippen molar-refractivity contribution in [3.8, 4) is 0 Å². The first-order chi connectivity index (χ1) is 6.16. The van der Waals surface area contributed by atoms with E-state index in [1.165, 1.54) is 11.6 Å². The Morgan fingerprint density at radius 3 is 3.08 bits per heavy atom. The standard InChI is InChI=1S/C5H6N6O2/c1-10-4(2-8-9-6)7-3-5(10)11(12)13/h3H,2H2,1H3. The van der Waals surface area contributed by atoms with E-state index in [4.69, 9.17) is 5.53 Å². The van der Waals surface area contributed by atoms with Crippen molar-refractivity contribution >= 4 is 5.82 Å². The van der Waals surface area contributed by atoms with Gasteiger partial charge < -0.3 is 10.1 Å². The van der Waals surface area contributed by atoms with Gasteiger partial charge in [0.1, 0.15) is 12.7 Å². The number of rotatable bonds is 3. The average Bonchev–Trinajstić information content (AvgIpc) is 2.43. The molecule has 0 radical (unpaired) electrons. The van der Waals surface area contributed by atoms with Crippen molar-refractivity contribution in [2.45, 2.75) is 6.54 Å². The summed E-state index contributed by atoms with van der Waals surface area (Å²) in [4.78, 5) is 16.1. The van der Waals surface area contributed by atoms with Gasteiger partial charge in [0, 0.05) is 4.91 Å². The quantitative estimate of drug-likeness (QED) is 0.229. The molecular formula is C5H6N6O2. The maximum atomic E-state index is 10.4. The molecule has 0 fully saturated rings. The van der Waals surface area contributed by atoms with E-state index in [2.05, 4.69) is 15.0 Å². The van der Waals surface area contributed by atoms with E-state index >= 15 is 0 Å². The molecule has 68 valence electrons. The fraction of sp³-hybridized carbons (Fsp3) is 0.400. The summed E-state index contributed by atoms with van der Waals surface area (Å²) in [6.07, 6.45) is 1.13. The SMILES string of the molecule is Cn1c([N+](=O)[O-])cnc1CN=[N+]=[N-]. The molecule has 0 amide bonds. The summed E-state index contributed by atoms with van der Waals surface area (Å²) in [5.74, 6) is 0.243. The Labute approximate surface area is 72.6 Å². The van der Waals surface area contributed by atoms with Crippen LogP contribution in [0.5, 0.6) is 0 Å². The van der Waals surface area contributed by atoms with Crippen LogP contribution in [0.25, 0.3) is 10.4 Å². The Morgan fingerprint density at radius 2 is 2.62 bits per heavy atom. The molecule has 0 bridgehead atoms. The molecule has 1 aromatic rings. The molecule has 0 aliphatic carbocycles. The van der Waals surface area contributed by atoms with E-state index < -0.39 is 4.92 Å². The molecular weight excluding hydrogens is 176 g/mol. The Balaban J connectivity index is 2.99. The van der Waals surface area contributed by atoms with Crippen LogP contribution in [0.4, 0.5) is 5.82 Å². The molecule has 1 heterocycles. The van der Waals surface area contributed by atoms with Crippen LogP contribution < -0.4 is 0 Å². The minimum atomic E-state index is -0.549. The predicted octanol–water partition coefficient (Wildman–Crippen LogP) is 1.14. The van der Waals surface area contributed by atoms with E-state index in [9.17, 15) is 10.1 Å². The van der Waals surface area contributed by atoms with Gasteiger partial charge >= 0.3 is 5.82 Å². The van der Waals surface area contributed by atoms with Gasteiger partial charge in [0.25, 0.3) is 0 Å². The van der Waals surface area contributed by atoms with Crippen molar-refractivity contribution in [2.24, 2.45) is 12.2 Å². The normalized spacial score (nSPS) is 9.31. The first kappa shape index (κ1) is 9.01. The van der Waals surface area contributed by atoms with Gasteiger partial charge in [-0.3, -0.25) is 0 Å². The molecule has 8 nitrogen and oxygen atoms in total. The number of hydrogen-bond donors (Lipinski definition) is 0. The molecule has 0 aliphatic heterocycles. The third-order valence-corrected chi connectivity index (χ3v) is 1.52. The lowest BCUT2D eigenvalue weighted by Gasteiger charge is -1.94. The van der Waals surface area contributed by atoms with Gasteiger partial charge in [-0.05, 0) is 10.5 Å². The fourth-order valence-electron chi connectivity index (χ4n) is 0.849. The minimum absolute atomic E-state index is 0.0147. The van der Waals surface area contributed by atoms with Gasteiger partial charge in [-0.2, -0.15) is 0 Å². The van der Waals surface area contributed by atoms with E-state index in [0.29, 0.717) is 5.82 Å². The Kier molecular flexibility index (Phi) is 2.46. The Hall–Kier alpha value is -2.08. The van der Waals surface area contributed by atoms with Crippen LogP contribution in [-0.4, -0.2) is 14.5 Å². The van der Waals surface area contributed by atoms with Gasteiger partial charge in [-0.15, -0.1) is 0 Å². The summed E-state index contributed by atoms with van der Waals surface area (Å²) in [7, 11) is 1.49. The molecule has 0 aliphatic rings. The van der Waals surface area contributed by atoms with Crippen molar-refractivity contribution in [3.63, 3.8) is 0 Å². The van der Waals surface area contributed by atoms with E-state index in [0.717, 1.165) is 6.20 Å². The van der Waals surface area contributed by atoms with Gasteiger partial charge in [-0.1, -0.05) is 5.11 Å². The highest BCUT2D eigenvalue weighted by Gasteiger charge is 2.14. The van der Waals surface area contributed by atoms with Crippen LogP contribution in [0.1, 0.15) is 5.82 Å². The number of hydrogen-bond acceptors (Lipinski definition) is 4. The number of azide groups is 1. The largest absolute Gasteiger partial charge is 0.358 e. The maximum Gasteiger partial charge on any atom is 0.342 e. The molecule has 0 unspecified atom stereocenters. The summed E-state index contributed by atoms with van der Waals surface area (Å²) in [5.41, 5.74) is 8.02. The predicted molar refractivity (Wildman–Crippen MR) is 42.7 cm³/mol. The lowest BCUT2D eigenvalue weighted by atomic mass is 10.6. The van der Waals surface area contributed by atoms with Gasteiger partial charge in [0.05, 0.1) is 7.05 Å².